The maximum atomic E-state index is 13.0. The Bertz CT molecular complexity index is 728. The van der Waals surface area contributed by atoms with Crippen molar-refractivity contribution in [2.24, 2.45) is 0 Å². The van der Waals surface area contributed by atoms with Gasteiger partial charge in [-0.3, -0.25) is 4.79 Å². The molecule has 1 amide bonds. The quantitative estimate of drug-likeness (QED) is 0.606. The van der Waals surface area contributed by atoms with Gasteiger partial charge in [0.05, 0.1) is 6.61 Å². The zero-order chi connectivity index (χ0) is 19.0. The molecule has 0 heterocycles. The highest BCUT2D eigenvalue weighted by molar-refractivity contribution is 6.06. The molecule has 0 aromatic heterocycles. The number of ether oxygens (including phenoxy) is 2. The normalized spacial score (nSPS) is 13.4. The van der Waals surface area contributed by atoms with Gasteiger partial charge in [-0.25, -0.2) is 0 Å². The average Bonchev–Trinajstić information content (AvgIpc) is 2.66. The fourth-order valence-corrected chi connectivity index (χ4v) is 3.06. The van der Waals surface area contributed by atoms with Crippen molar-refractivity contribution in [2.45, 2.75) is 59.0 Å². The Balaban J connectivity index is 2.31. The number of hydrogen-bond acceptors (Lipinski definition) is 3. The lowest BCUT2D eigenvalue weighted by molar-refractivity contribution is -0.139. The summed E-state index contributed by atoms with van der Waals surface area (Å²) in [5.41, 5.74) is -0.0275. The van der Waals surface area contributed by atoms with E-state index in [1.54, 1.807) is 0 Å². The summed E-state index contributed by atoms with van der Waals surface area (Å²) in [4.78, 5) is 13.0. The molecule has 1 atom stereocenters. The van der Waals surface area contributed by atoms with Gasteiger partial charge in [-0.1, -0.05) is 51.0 Å². The molecule has 2 aromatic rings. The van der Waals surface area contributed by atoms with Crippen LogP contribution in [0.3, 0.4) is 0 Å². The van der Waals surface area contributed by atoms with Crippen LogP contribution in [-0.4, -0.2) is 24.7 Å². The van der Waals surface area contributed by atoms with Crippen molar-refractivity contribution >= 4 is 22.4 Å². The summed E-state index contributed by atoms with van der Waals surface area (Å²) >= 11 is 0. The van der Waals surface area contributed by atoms with E-state index in [2.05, 4.69) is 19.2 Å². The van der Waals surface area contributed by atoms with Crippen LogP contribution in [0.5, 0.6) is 5.75 Å². The first-order valence-electron chi connectivity index (χ1n) is 9.65. The third kappa shape index (κ3) is 4.76. The molecule has 0 radical (unpaired) electrons. The summed E-state index contributed by atoms with van der Waals surface area (Å²) in [6.07, 6.45) is 3.65. The largest absolute Gasteiger partial charge is 0.493 e. The van der Waals surface area contributed by atoms with Crippen LogP contribution in [0.1, 0.15) is 53.4 Å². The Morgan fingerprint density at radius 3 is 2.42 bits per heavy atom. The van der Waals surface area contributed by atoms with E-state index in [-0.39, 0.29) is 5.91 Å². The Morgan fingerprint density at radius 2 is 1.77 bits per heavy atom. The van der Waals surface area contributed by atoms with Crippen LogP contribution in [0.15, 0.2) is 36.4 Å². The van der Waals surface area contributed by atoms with E-state index >= 15 is 0 Å². The molecular weight excluding hydrogens is 326 g/mol. The van der Waals surface area contributed by atoms with E-state index in [9.17, 15) is 4.79 Å². The minimum atomic E-state index is -0.816. The number of anilines is 1. The van der Waals surface area contributed by atoms with Crippen LogP contribution >= 0.6 is 0 Å². The Hall–Kier alpha value is -2.07. The number of nitrogens with one attached hydrogen (secondary N) is 1. The third-order valence-electron chi connectivity index (χ3n) is 4.54. The number of carbonyl (C=O) groups is 1. The molecular formula is C22H31NO3. The van der Waals surface area contributed by atoms with Crippen LogP contribution in [-0.2, 0) is 9.53 Å². The molecule has 0 aliphatic carbocycles. The van der Waals surface area contributed by atoms with Crippen LogP contribution in [0.25, 0.3) is 10.8 Å². The Labute approximate surface area is 156 Å². The van der Waals surface area contributed by atoms with Gasteiger partial charge in [0.15, 0.2) is 0 Å². The van der Waals surface area contributed by atoms with E-state index in [0.29, 0.717) is 19.6 Å². The van der Waals surface area contributed by atoms with Gasteiger partial charge >= 0.3 is 0 Å². The number of hydrogen-bond donors (Lipinski definition) is 1. The monoisotopic (exact) mass is 357 g/mol. The molecule has 1 N–H and O–H groups in total. The Kier molecular flexibility index (Phi) is 7.46. The SMILES string of the molecule is CCCC[C@@](C)(OCC)C(=O)Nc1ccc(OCCC)c2ccccc12. The Morgan fingerprint density at radius 1 is 1.04 bits per heavy atom. The van der Waals surface area contributed by atoms with Crippen molar-refractivity contribution < 1.29 is 14.3 Å². The molecule has 2 aromatic carbocycles. The molecule has 4 heteroatoms. The zero-order valence-corrected chi connectivity index (χ0v) is 16.4. The topological polar surface area (TPSA) is 47.6 Å². The predicted molar refractivity (Wildman–Crippen MR) is 108 cm³/mol. The second kappa shape index (κ2) is 9.58. The van der Waals surface area contributed by atoms with Gasteiger partial charge in [-0.2, -0.15) is 0 Å². The number of amides is 1. The number of benzene rings is 2. The summed E-state index contributed by atoms with van der Waals surface area (Å²) in [7, 11) is 0. The second-order valence-corrected chi connectivity index (χ2v) is 6.73. The van der Waals surface area contributed by atoms with Crippen molar-refractivity contribution in [1.29, 1.82) is 0 Å². The highest BCUT2D eigenvalue weighted by Gasteiger charge is 2.33. The minimum absolute atomic E-state index is 0.0971. The smallest absolute Gasteiger partial charge is 0.256 e. The number of unbranched alkanes of at least 4 members (excludes halogenated alkanes) is 1. The number of rotatable bonds is 10. The van der Waals surface area contributed by atoms with Crippen molar-refractivity contribution in [2.75, 3.05) is 18.5 Å². The van der Waals surface area contributed by atoms with E-state index in [4.69, 9.17) is 9.47 Å². The standard InChI is InChI=1S/C22H31NO3/c1-5-8-15-22(4,26-7-3)21(24)23-19-13-14-20(25-16-6-2)18-12-10-9-11-17(18)19/h9-14H,5-8,15-16H2,1-4H3,(H,23,24)/t22-/m1/s1. The first-order chi connectivity index (χ1) is 12.6. The molecule has 142 valence electrons. The first-order valence-corrected chi connectivity index (χ1v) is 9.65. The maximum absolute atomic E-state index is 13.0. The molecule has 4 nitrogen and oxygen atoms in total. The maximum Gasteiger partial charge on any atom is 0.256 e. The number of fused-ring (bicyclic) bond motifs is 1. The molecule has 0 bridgehead atoms. The van der Waals surface area contributed by atoms with Crippen molar-refractivity contribution in [3.05, 3.63) is 36.4 Å². The highest BCUT2D eigenvalue weighted by Crippen LogP contribution is 2.32. The summed E-state index contributed by atoms with van der Waals surface area (Å²) in [5.74, 6) is 0.749. The fraction of sp³-hybridized carbons (Fsp3) is 0.500. The van der Waals surface area contributed by atoms with Gasteiger partial charge in [-0.05, 0) is 38.8 Å². The summed E-state index contributed by atoms with van der Waals surface area (Å²) in [5, 5.41) is 5.06. The van der Waals surface area contributed by atoms with Gasteiger partial charge in [0.25, 0.3) is 5.91 Å². The second-order valence-electron chi connectivity index (χ2n) is 6.73. The van der Waals surface area contributed by atoms with Crippen LogP contribution < -0.4 is 10.1 Å². The summed E-state index contributed by atoms with van der Waals surface area (Å²) in [6.45, 7) is 9.19. The van der Waals surface area contributed by atoms with Gasteiger partial charge < -0.3 is 14.8 Å². The van der Waals surface area contributed by atoms with Crippen LogP contribution in [0.2, 0.25) is 0 Å². The summed E-state index contributed by atoms with van der Waals surface area (Å²) in [6, 6.07) is 11.8. The first kappa shape index (κ1) is 20.2. The minimum Gasteiger partial charge on any atom is -0.493 e. The lowest BCUT2D eigenvalue weighted by Gasteiger charge is -2.28. The van der Waals surface area contributed by atoms with Crippen molar-refractivity contribution in [3.8, 4) is 5.75 Å². The van der Waals surface area contributed by atoms with Gasteiger partial charge in [-0.15, -0.1) is 0 Å². The zero-order valence-electron chi connectivity index (χ0n) is 16.4. The van der Waals surface area contributed by atoms with Gasteiger partial charge in [0.1, 0.15) is 11.4 Å². The van der Waals surface area contributed by atoms with E-state index < -0.39 is 5.60 Å². The molecule has 2 rings (SSSR count). The predicted octanol–water partition coefficient (Wildman–Crippen LogP) is 5.55. The summed E-state index contributed by atoms with van der Waals surface area (Å²) < 4.78 is 11.7. The molecule has 0 aliphatic rings. The van der Waals surface area contributed by atoms with Crippen molar-refractivity contribution in [1.82, 2.24) is 0 Å². The lowest BCUT2D eigenvalue weighted by Crippen LogP contribution is -2.42. The third-order valence-corrected chi connectivity index (χ3v) is 4.54. The van der Waals surface area contributed by atoms with Crippen LogP contribution in [0.4, 0.5) is 5.69 Å². The van der Waals surface area contributed by atoms with Crippen molar-refractivity contribution in [3.63, 3.8) is 0 Å². The van der Waals surface area contributed by atoms with Gasteiger partial charge in [0.2, 0.25) is 0 Å². The molecule has 0 saturated heterocycles. The van der Waals surface area contributed by atoms with Gasteiger partial charge in [0, 0.05) is 23.1 Å². The van der Waals surface area contributed by atoms with E-state index in [0.717, 1.165) is 41.5 Å². The molecule has 0 fully saturated rings. The lowest BCUT2D eigenvalue weighted by atomic mass is 9.97. The van der Waals surface area contributed by atoms with Crippen LogP contribution in [0, 0.1) is 0 Å². The molecule has 0 saturated carbocycles. The van der Waals surface area contributed by atoms with E-state index in [1.165, 1.54) is 0 Å². The number of carbonyl (C=O) groups excluding carboxylic acids is 1. The molecule has 26 heavy (non-hydrogen) atoms. The highest BCUT2D eigenvalue weighted by atomic mass is 16.5. The van der Waals surface area contributed by atoms with E-state index in [1.807, 2.05) is 50.2 Å². The average molecular weight is 357 g/mol. The fourth-order valence-electron chi connectivity index (χ4n) is 3.06. The molecule has 0 spiro atoms. The molecule has 0 unspecified atom stereocenters. The molecule has 0 aliphatic heterocycles.